The molecule has 7 nitrogen and oxygen atoms in total. The topological polar surface area (TPSA) is 105 Å². The van der Waals surface area contributed by atoms with Gasteiger partial charge in [0, 0.05) is 10.6 Å². The van der Waals surface area contributed by atoms with Crippen molar-refractivity contribution in [2.75, 3.05) is 17.9 Å². The van der Waals surface area contributed by atoms with Gasteiger partial charge in [-0.3, -0.25) is 4.72 Å². The fourth-order valence-corrected chi connectivity index (χ4v) is 2.25. The maximum Gasteiger partial charge on any atom is 0.422 e. The Morgan fingerprint density at radius 3 is 2.81 bits per heavy atom. The summed E-state index contributed by atoms with van der Waals surface area (Å²) in [6, 6.07) is 4.32. The van der Waals surface area contributed by atoms with Gasteiger partial charge in [0.05, 0.1) is 12.3 Å². The molecule has 0 bridgehead atoms. The molecule has 0 aliphatic rings. The number of amides is 1. The summed E-state index contributed by atoms with van der Waals surface area (Å²) in [5.41, 5.74) is 0.364. The Morgan fingerprint density at radius 1 is 1.48 bits per heavy atom. The number of ether oxygens (including phenoxy) is 1. The van der Waals surface area contributed by atoms with E-state index in [1.807, 2.05) is 0 Å². The number of hydrogen-bond acceptors (Lipinski definition) is 5. The Labute approximate surface area is 127 Å². The van der Waals surface area contributed by atoms with Gasteiger partial charge < -0.3 is 9.84 Å². The first-order chi connectivity index (χ1) is 9.88. The second kappa shape index (κ2) is 7.73. The summed E-state index contributed by atoms with van der Waals surface area (Å²) in [4.78, 5) is 11.1. The van der Waals surface area contributed by atoms with E-state index in [2.05, 4.69) is 21.3 Å². The molecular formula is C12H13ClN2O5S. The molecule has 1 amide bonds. The second-order valence-corrected chi connectivity index (χ2v) is 5.43. The van der Waals surface area contributed by atoms with Crippen LogP contribution in [0.25, 0.3) is 0 Å². The highest BCUT2D eigenvalue weighted by atomic mass is 35.5. The van der Waals surface area contributed by atoms with Crippen LogP contribution in [0, 0.1) is 11.8 Å². The number of halogens is 1. The summed E-state index contributed by atoms with van der Waals surface area (Å²) < 4.78 is 31.8. The molecule has 0 saturated heterocycles. The molecule has 0 spiro atoms. The number of carbonyl (C=O) groups is 1. The smallest absolute Gasteiger partial charge is 0.422 e. The number of hydrogen-bond donors (Lipinski definition) is 3. The minimum atomic E-state index is -4.18. The molecule has 1 aromatic rings. The normalized spacial score (nSPS) is 10.2. The van der Waals surface area contributed by atoms with Crippen LogP contribution < -0.4 is 9.44 Å². The van der Waals surface area contributed by atoms with Crippen LogP contribution in [0.3, 0.4) is 0 Å². The number of rotatable bonds is 4. The SMILES string of the molecule is CCOC(=O)NS(=O)(=O)Nc1cc(Cl)ccc1C#CCO. The predicted molar refractivity (Wildman–Crippen MR) is 78.1 cm³/mol. The highest BCUT2D eigenvalue weighted by molar-refractivity contribution is 7.91. The van der Waals surface area contributed by atoms with Gasteiger partial charge in [-0.1, -0.05) is 23.4 Å². The van der Waals surface area contributed by atoms with Crippen molar-refractivity contribution in [2.24, 2.45) is 0 Å². The molecule has 0 heterocycles. The first-order valence-electron chi connectivity index (χ1n) is 5.74. The Hall–Kier alpha value is -1.95. The number of carbonyl (C=O) groups excluding carboxylic acids is 1. The summed E-state index contributed by atoms with van der Waals surface area (Å²) in [5, 5.41) is 8.95. The molecule has 0 radical (unpaired) electrons. The van der Waals surface area contributed by atoms with Crippen LogP contribution in [0.2, 0.25) is 5.02 Å². The number of benzene rings is 1. The first kappa shape index (κ1) is 17.1. The lowest BCUT2D eigenvalue weighted by Gasteiger charge is -2.11. The fourth-order valence-electron chi connectivity index (χ4n) is 1.29. The number of aliphatic hydroxyl groups excluding tert-OH is 1. The van der Waals surface area contributed by atoms with Crippen LogP contribution >= 0.6 is 11.6 Å². The molecule has 3 N–H and O–H groups in total. The van der Waals surface area contributed by atoms with Crippen molar-refractivity contribution in [1.82, 2.24) is 4.72 Å². The second-order valence-electron chi connectivity index (χ2n) is 3.58. The Kier molecular flexibility index (Phi) is 6.30. The molecular weight excluding hydrogens is 320 g/mol. The third-order valence-corrected chi connectivity index (χ3v) is 3.18. The van der Waals surface area contributed by atoms with Gasteiger partial charge in [0.25, 0.3) is 0 Å². The highest BCUT2D eigenvalue weighted by Gasteiger charge is 2.16. The summed E-state index contributed by atoms with van der Waals surface area (Å²) >= 11 is 5.79. The number of nitrogens with one attached hydrogen (secondary N) is 2. The van der Waals surface area contributed by atoms with Gasteiger partial charge in [0.15, 0.2) is 0 Å². The van der Waals surface area contributed by atoms with E-state index >= 15 is 0 Å². The summed E-state index contributed by atoms with van der Waals surface area (Å²) in [6.07, 6.45) is -1.10. The van der Waals surface area contributed by atoms with Crippen LogP contribution in [0.1, 0.15) is 12.5 Å². The molecule has 0 aliphatic carbocycles. The van der Waals surface area contributed by atoms with Crippen molar-refractivity contribution >= 4 is 33.6 Å². The van der Waals surface area contributed by atoms with Gasteiger partial charge in [0.2, 0.25) is 0 Å². The highest BCUT2D eigenvalue weighted by Crippen LogP contribution is 2.21. The van der Waals surface area contributed by atoms with Crippen molar-refractivity contribution in [3.63, 3.8) is 0 Å². The van der Waals surface area contributed by atoms with Crippen LogP contribution in [-0.2, 0) is 14.9 Å². The zero-order valence-electron chi connectivity index (χ0n) is 11.0. The fraction of sp³-hybridized carbons (Fsp3) is 0.250. The van der Waals surface area contributed by atoms with Crippen LogP contribution in [0.15, 0.2) is 18.2 Å². The molecule has 0 fully saturated rings. The van der Waals surface area contributed by atoms with Crippen LogP contribution in [0.4, 0.5) is 10.5 Å². The van der Waals surface area contributed by atoms with Crippen molar-refractivity contribution < 1.29 is 23.1 Å². The van der Waals surface area contributed by atoms with Gasteiger partial charge in [-0.05, 0) is 25.1 Å². The minimum absolute atomic E-state index is 0.0335. The van der Waals surface area contributed by atoms with Gasteiger partial charge in [-0.15, -0.1) is 0 Å². The van der Waals surface area contributed by atoms with E-state index in [1.54, 1.807) is 11.6 Å². The quantitative estimate of drug-likeness (QED) is 0.716. The van der Waals surface area contributed by atoms with Crippen LogP contribution in [0.5, 0.6) is 0 Å². The predicted octanol–water partition coefficient (Wildman–Crippen LogP) is 1.09. The average Bonchev–Trinajstić information content (AvgIpc) is 2.36. The number of aliphatic hydroxyl groups is 1. The zero-order valence-corrected chi connectivity index (χ0v) is 12.6. The summed E-state index contributed by atoms with van der Waals surface area (Å²) in [6.45, 7) is 1.20. The first-order valence-corrected chi connectivity index (χ1v) is 7.60. The Bertz CT molecular complexity index is 679. The third-order valence-electron chi connectivity index (χ3n) is 2.02. The van der Waals surface area contributed by atoms with Crippen molar-refractivity contribution in [2.45, 2.75) is 6.92 Å². The Morgan fingerprint density at radius 2 is 2.19 bits per heavy atom. The molecule has 9 heteroatoms. The van der Waals surface area contributed by atoms with E-state index in [-0.39, 0.29) is 23.9 Å². The summed E-state index contributed by atoms with van der Waals surface area (Å²) in [5.74, 6) is 4.95. The van der Waals surface area contributed by atoms with Gasteiger partial charge in [-0.2, -0.15) is 8.42 Å². The maximum atomic E-state index is 11.8. The maximum absolute atomic E-state index is 11.8. The molecule has 114 valence electrons. The van der Waals surface area contributed by atoms with E-state index in [4.69, 9.17) is 16.7 Å². The van der Waals surface area contributed by atoms with Crippen molar-refractivity contribution in [3.8, 4) is 11.8 Å². The molecule has 1 aromatic carbocycles. The zero-order chi connectivity index (χ0) is 15.9. The van der Waals surface area contributed by atoms with E-state index in [0.717, 1.165) is 0 Å². The molecule has 0 atom stereocenters. The van der Waals surface area contributed by atoms with Crippen LogP contribution in [-0.4, -0.2) is 32.8 Å². The standard InChI is InChI=1S/C12H13ClN2O5S/c1-2-20-12(17)15-21(18,19)14-11-8-10(13)6-5-9(11)4-3-7-16/h5-6,8,14,16H,2,7H2,1H3,(H,15,17). The third kappa shape index (κ3) is 5.91. The Balaban J connectivity index is 3.00. The van der Waals surface area contributed by atoms with Gasteiger partial charge in [0.1, 0.15) is 6.61 Å². The molecule has 21 heavy (non-hydrogen) atoms. The minimum Gasteiger partial charge on any atom is -0.449 e. The molecule has 1 rings (SSSR count). The summed E-state index contributed by atoms with van der Waals surface area (Å²) in [7, 11) is -4.18. The largest absolute Gasteiger partial charge is 0.449 e. The van der Waals surface area contributed by atoms with Crippen molar-refractivity contribution in [3.05, 3.63) is 28.8 Å². The van der Waals surface area contributed by atoms with Gasteiger partial charge >= 0.3 is 16.3 Å². The number of anilines is 1. The van der Waals surface area contributed by atoms with E-state index in [1.165, 1.54) is 18.2 Å². The lowest BCUT2D eigenvalue weighted by molar-refractivity contribution is 0.159. The van der Waals surface area contributed by atoms with E-state index < -0.39 is 16.3 Å². The van der Waals surface area contributed by atoms with Crippen molar-refractivity contribution in [1.29, 1.82) is 0 Å². The molecule has 0 saturated carbocycles. The monoisotopic (exact) mass is 332 g/mol. The lowest BCUT2D eigenvalue weighted by Crippen LogP contribution is -2.35. The average molecular weight is 333 g/mol. The lowest BCUT2D eigenvalue weighted by atomic mass is 10.2. The molecule has 0 aromatic heterocycles. The van der Waals surface area contributed by atoms with Gasteiger partial charge in [-0.25, -0.2) is 9.52 Å². The van der Waals surface area contributed by atoms with E-state index in [9.17, 15) is 13.2 Å². The molecule has 0 unspecified atom stereocenters. The van der Waals surface area contributed by atoms with E-state index in [0.29, 0.717) is 5.56 Å². The molecule has 0 aliphatic heterocycles.